The van der Waals surface area contributed by atoms with Gasteiger partial charge in [-0.2, -0.15) is 0 Å². The number of aliphatic carboxylic acids is 1. The fourth-order valence-electron chi connectivity index (χ4n) is 3.06. The Morgan fingerprint density at radius 1 is 1.21 bits per heavy atom. The number of rotatable bonds is 6. The van der Waals surface area contributed by atoms with Crippen LogP contribution in [0.25, 0.3) is 0 Å². The number of hydrogen-bond donors (Lipinski definition) is 2. The summed E-state index contributed by atoms with van der Waals surface area (Å²) in [6, 6.07) is 9.99. The highest BCUT2D eigenvalue weighted by Gasteiger charge is 2.26. The second-order valence-corrected chi connectivity index (χ2v) is 6.59. The van der Waals surface area contributed by atoms with Crippen molar-refractivity contribution in [2.24, 2.45) is 11.8 Å². The number of carbonyl (C=O) groups excluding carboxylic acids is 1. The Balaban J connectivity index is 0.00000288. The highest BCUT2D eigenvalue weighted by molar-refractivity contribution is 5.85. The summed E-state index contributed by atoms with van der Waals surface area (Å²) >= 11 is 0. The molecule has 5 nitrogen and oxygen atoms in total. The first kappa shape index (κ1) is 20.5. The summed E-state index contributed by atoms with van der Waals surface area (Å²) < 4.78 is 0. The Bertz CT molecular complexity index is 528. The topological polar surface area (TPSA) is 69.6 Å². The van der Waals surface area contributed by atoms with E-state index in [9.17, 15) is 9.59 Å². The molecule has 0 bridgehead atoms. The minimum atomic E-state index is -0.724. The summed E-state index contributed by atoms with van der Waals surface area (Å²) in [4.78, 5) is 25.3. The van der Waals surface area contributed by atoms with E-state index in [1.165, 1.54) is 0 Å². The van der Waals surface area contributed by atoms with Gasteiger partial charge in [0, 0.05) is 0 Å². The van der Waals surface area contributed by atoms with E-state index in [0.717, 1.165) is 5.56 Å². The van der Waals surface area contributed by atoms with Crippen molar-refractivity contribution < 1.29 is 14.7 Å². The number of halogens is 1. The smallest absolute Gasteiger partial charge is 0.306 e. The molecule has 2 N–H and O–H groups in total. The van der Waals surface area contributed by atoms with E-state index in [1.807, 2.05) is 35.2 Å². The third-order valence-corrected chi connectivity index (χ3v) is 4.45. The number of likely N-dealkylation sites (tertiary alicyclic amines) is 1. The molecular weight excluding hydrogens is 328 g/mol. The van der Waals surface area contributed by atoms with Crippen molar-refractivity contribution in [2.45, 2.75) is 32.7 Å². The second kappa shape index (κ2) is 9.64. The van der Waals surface area contributed by atoms with Gasteiger partial charge in [-0.15, -0.1) is 12.4 Å². The molecule has 0 saturated carbocycles. The van der Waals surface area contributed by atoms with Crippen molar-refractivity contribution >= 4 is 24.3 Å². The molecule has 1 aliphatic rings. The van der Waals surface area contributed by atoms with Gasteiger partial charge in [0.15, 0.2) is 0 Å². The average Bonchev–Trinajstić information content (AvgIpc) is 2.53. The quantitative estimate of drug-likeness (QED) is 0.824. The number of carboxylic acid groups (broad SMARTS) is 1. The van der Waals surface area contributed by atoms with Gasteiger partial charge in [0.2, 0.25) is 5.91 Å². The molecule has 6 heteroatoms. The van der Waals surface area contributed by atoms with E-state index in [0.29, 0.717) is 38.4 Å². The van der Waals surface area contributed by atoms with Crippen LogP contribution in [0.1, 0.15) is 38.3 Å². The van der Waals surface area contributed by atoms with E-state index in [-0.39, 0.29) is 30.3 Å². The molecule has 134 valence electrons. The lowest BCUT2D eigenvalue weighted by molar-refractivity contribution is -0.143. The summed E-state index contributed by atoms with van der Waals surface area (Å²) in [6.07, 6.45) is 1.24. The van der Waals surface area contributed by atoms with Crippen LogP contribution in [-0.4, -0.2) is 41.5 Å². The summed E-state index contributed by atoms with van der Waals surface area (Å²) in [5.74, 6) is -0.680. The molecule has 1 aromatic rings. The normalized spacial score (nSPS) is 17.1. The molecule has 0 aliphatic carbocycles. The van der Waals surface area contributed by atoms with Gasteiger partial charge >= 0.3 is 5.97 Å². The zero-order valence-electron chi connectivity index (χ0n) is 14.3. The largest absolute Gasteiger partial charge is 0.481 e. The lowest BCUT2D eigenvalue weighted by atomic mass is 9.95. The van der Waals surface area contributed by atoms with Crippen molar-refractivity contribution in [2.75, 3.05) is 19.6 Å². The SMILES string of the molecule is CC(C)C(NC(=O)CN1CCC(C(=O)O)CC1)c1ccccc1.Cl. The fraction of sp³-hybridized carbons (Fsp3) is 0.556. The third kappa shape index (κ3) is 5.80. The summed E-state index contributed by atoms with van der Waals surface area (Å²) in [6.45, 7) is 5.86. The van der Waals surface area contributed by atoms with Gasteiger partial charge in [0.1, 0.15) is 0 Å². The molecule has 0 spiro atoms. The Labute approximate surface area is 149 Å². The zero-order valence-corrected chi connectivity index (χ0v) is 15.1. The molecule has 1 fully saturated rings. The van der Waals surface area contributed by atoms with Crippen LogP contribution in [0.5, 0.6) is 0 Å². The third-order valence-electron chi connectivity index (χ3n) is 4.45. The van der Waals surface area contributed by atoms with Gasteiger partial charge in [-0.3, -0.25) is 14.5 Å². The fourth-order valence-corrected chi connectivity index (χ4v) is 3.06. The van der Waals surface area contributed by atoms with Crippen molar-refractivity contribution in [1.82, 2.24) is 10.2 Å². The first-order chi connectivity index (χ1) is 11.0. The molecule has 1 saturated heterocycles. The van der Waals surface area contributed by atoms with Gasteiger partial charge < -0.3 is 10.4 Å². The molecule has 1 heterocycles. The van der Waals surface area contributed by atoms with E-state index >= 15 is 0 Å². The van der Waals surface area contributed by atoms with Crippen LogP contribution in [-0.2, 0) is 9.59 Å². The maximum absolute atomic E-state index is 12.3. The maximum Gasteiger partial charge on any atom is 0.306 e. The van der Waals surface area contributed by atoms with Crippen molar-refractivity contribution in [3.8, 4) is 0 Å². The highest BCUT2D eigenvalue weighted by atomic mass is 35.5. The summed E-state index contributed by atoms with van der Waals surface area (Å²) in [5, 5.41) is 12.1. The summed E-state index contributed by atoms with van der Waals surface area (Å²) in [5.41, 5.74) is 1.11. The van der Waals surface area contributed by atoms with Gasteiger partial charge in [-0.05, 0) is 37.4 Å². The standard InChI is InChI=1S/C18H26N2O3.ClH/c1-13(2)17(14-6-4-3-5-7-14)19-16(21)12-20-10-8-15(9-11-20)18(22)23;/h3-7,13,15,17H,8-12H2,1-2H3,(H,19,21)(H,22,23);1H. The van der Waals surface area contributed by atoms with Crippen LogP contribution in [0.3, 0.4) is 0 Å². The number of nitrogens with one attached hydrogen (secondary N) is 1. The molecule has 2 rings (SSSR count). The van der Waals surface area contributed by atoms with E-state index in [1.54, 1.807) is 0 Å². The molecule has 24 heavy (non-hydrogen) atoms. The van der Waals surface area contributed by atoms with Crippen LogP contribution < -0.4 is 5.32 Å². The number of piperidine rings is 1. The first-order valence-electron chi connectivity index (χ1n) is 8.27. The monoisotopic (exact) mass is 354 g/mol. The number of nitrogens with zero attached hydrogens (tertiary/aromatic N) is 1. The number of carboxylic acids is 1. The molecule has 1 unspecified atom stereocenters. The minimum Gasteiger partial charge on any atom is -0.481 e. The molecule has 1 aliphatic heterocycles. The molecule has 1 atom stereocenters. The first-order valence-corrected chi connectivity index (χ1v) is 8.27. The van der Waals surface area contributed by atoms with Crippen molar-refractivity contribution in [3.05, 3.63) is 35.9 Å². The Morgan fingerprint density at radius 2 is 1.79 bits per heavy atom. The molecule has 1 amide bonds. The molecular formula is C18H27ClN2O3. The van der Waals surface area contributed by atoms with Crippen molar-refractivity contribution in [3.63, 3.8) is 0 Å². The Kier molecular flexibility index (Phi) is 8.22. The van der Waals surface area contributed by atoms with Gasteiger partial charge in [-0.1, -0.05) is 44.2 Å². The Morgan fingerprint density at radius 3 is 2.29 bits per heavy atom. The minimum absolute atomic E-state index is 0. The van der Waals surface area contributed by atoms with Gasteiger partial charge in [-0.25, -0.2) is 0 Å². The predicted octanol–water partition coefficient (Wildman–Crippen LogP) is 2.72. The Hall–Kier alpha value is -1.59. The second-order valence-electron chi connectivity index (χ2n) is 6.59. The van der Waals surface area contributed by atoms with E-state index < -0.39 is 5.97 Å². The van der Waals surface area contributed by atoms with E-state index in [4.69, 9.17) is 5.11 Å². The summed E-state index contributed by atoms with van der Waals surface area (Å²) in [7, 11) is 0. The number of carbonyl (C=O) groups is 2. The molecule has 1 aromatic carbocycles. The molecule has 0 radical (unpaired) electrons. The molecule has 0 aromatic heterocycles. The van der Waals surface area contributed by atoms with Gasteiger partial charge in [0.25, 0.3) is 0 Å². The lowest BCUT2D eigenvalue weighted by Gasteiger charge is -2.30. The van der Waals surface area contributed by atoms with Crippen molar-refractivity contribution in [1.29, 1.82) is 0 Å². The van der Waals surface area contributed by atoms with Crippen LogP contribution in [0, 0.1) is 11.8 Å². The van der Waals surface area contributed by atoms with Crippen LogP contribution in [0.4, 0.5) is 0 Å². The lowest BCUT2D eigenvalue weighted by Crippen LogP contribution is -2.44. The number of hydrogen-bond acceptors (Lipinski definition) is 3. The van der Waals surface area contributed by atoms with Crippen LogP contribution in [0.2, 0.25) is 0 Å². The van der Waals surface area contributed by atoms with Crippen LogP contribution >= 0.6 is 12.4 Å². The number of amides is 1. The van der Waals surface area contributed by atoms with Gasteiger partial charge in [0.05, 0.1) is 18.5 Å². The van der Waals surface area contributed by atoms with E-state index in [2.05, 4.69) is 19.2 Å². The zero-order chi connectivity index (χ0) is 16.8. The number of benzene rings is 1. The maximum atomic E-state index is 12.3. The van der Waals surface area contributed by atoms with Crippen LogP contribution in [0.15, 0.2) is 30.3 Å². The highest BCUT2D eigenvalue weighted by Crippen LogP contribution is 2.21. The predicted molar refractivity (Wildman–Crippen MR) is 96.2 cm³/mol. The average molecular weight is 355 g/mol.